The summed E-state index contributed by atoms with van der Waals surface area (Å²) in [6.45, 7) is 5.39. The zero-order valence-electron chi connectivity index (χ0n) is 12.5. The molecular weight excluding hydrogens is 275 g/mol. The Kier molecular flexibility index (Phi) is 12.5. The van der Waals surface area contributed by atoms with Crippen LogP contribution in [0.15, 0.2) is 12.7 Å². The van der Waals surface area contributed by atoms with Gasteiger partial charge in [0, 0.05) is 6.08 Å². The van der Waals surface area contributed by atoms with Crippen molar-refractivity contribution in [3.05, 3.63) is 12.7 Å². The van der Waals surface area contributed by atoms with Crippen molar-refractivity contribution >= 4 is 19.7 Å². The van der Waals surface area contributed by atoms with Gasteiger partial charge < -0.3 is 9.30 Å². The molecule has 0 aliphatic rings. The van der Waals surface area contributed by atoms with E-state index >= 15 is 0 Å². The van der Waals surface area contributed by atoms with E-state index in [-0.39, 0.29) is 6.16 Å². The monoisotopic (exact) mass is 302 g/mol. The van der Waals surface area contributed by atoms with Crippen molar-refractivity contribution < 1.29 is 18.9 Å². The van der Waals surface area contributed by atoms with Gasteiger partial charge in [0.25, 0.3) is 0 Å². The van der Waals surface area contributed by atoms with Crippen LogP contribution in [-0.4, -0.2) is 24.3 Å². The number of unbranched alkanes of at least 4 members (excludes halogenated alkanes) is 7. The van der Waals surface area contributed by atoms with Crippen LogP contribution in [0.3, 0.4) is 0 Å². The number of rotatable bonds is 12. The van der Waals surface area contributed by atoms with Crippen molar-refractivity contribution in [2.75, 3.05) is 12.3 Å². The highest BCUT2D eigenvalue weighted by Crippen LogP contribution is 2.23. The van der Waals surface area contributed by atoms with Crippen LogP contribution in [0.1, 0.15) is 58.3 Å². The van der Waals surface area contributed by atoms with Gasteiger partial charge in [-0.25, -0.2) is 4.79 Å². The maximum absolute atomic E-state index is 11.6. The fourth-order valence-corrected chi connectivity index (χ4v) is 3.11. The van der Waals surface area contributed by atoms with E-state index in [0.717, 1.165) is 25.3 Å². The Morgan fingerprint density at radius 2 is 1.60 bits per heavy atom. The SMILES string of the molecule is C=CC(=O)OC(=O)C[PH](=O)CCCCCCCCCC. The molecule has 0 aromatic carbocycles. The van der Waals surface area contributed by atoms with Gasteiger partial charge in [0.15, 0.2) is 0 Å². The second kappa shape index (κ2) is 13.1. The Morgan fingerprint density at radius 3 is 2.15 bits per heavy atom. The zero-order chi connectivity index (χ0) is 15.2. The lowest BCUT2D eigenvalue weighted by Gasteiger charge is -2.03. The summed E-state index contributed by atoms with van der Waals surface area (Å²) in [5, 5.41) is 0. The van der Waals surface area contributed by atoms with Crippen molar-refractivity contribution in [1.29, 1.82) is 0 Å². The molecule has 0 radical (unpaired) electrons. The molecular formula is C15H27O4P. The third-order valence-electron chi connectivity index (χ3n) is 3.03. The van der Waals surface area contributed by atoms with Crippen LogP contribution in [0.4, 0.5) is 0 Å². The maximum atomic E-state index is 11.6. The average molecular weight is 302 g/mol. The summed E-state index contributed by atoms with van der Waals surface area (Å²) in [5.41, 5.74) is 0. The van der Waals surface area contributed by atoms with E-state index in [9.17, 15) is 14.2 Å². The predicted octanol–water partition coefficient (Wildman–Crippen LogP) is 3.94. The lowest BCUT2D eigenvalue weighted by atomic mass is 10.1. The minimum Gasteiger partial charge on any atom is -0.390 e. The number of ether oxygens (including phenoxy) is 1. The summed E-state index contributed by atoms with van der Waals surface area (Å²) in [7, 11) is -1.95. The van der Waals surface area contributed by atoms with E-state index in [1.165, 1.54) is 32.1 Å². The fraction of sp³-hybridized carbons (Fsp3) is 0.733. The third-order valence-corrected chi connectivity index (χ3v) is 4.63. The van der Waals surface area contributed by atoms with Crippen LogP contribution in [0.2, 0.25) is 0 Å². The highest BCUT2D eigenvalue weighted by molar-refractivity contribution is 7.45. The second-order valence-corrected chi connectivity index (χ2v) is 6.87. The number of carbonyl (C=O) groups excluding carboxylic acids is 2. The van der Waals surface area contributed by atoms with E-state index in [1.54, 1.807) is 0 Å². The first-order valence-electron chi connectivity index (χ1n) is 7.49. The summed E-state index contributed by atoms with van der Waals surface area (Å²) in [5.74, 6) is -1.49. The van der Waals surface area contributed by atoms with Gasteiger partial charge in [-0.15, -0.1) is 0 Å². The highest BCUT2D eigenvalue weighted by atomic mass is 31.1. The van der Waals surface area contributed by atoms with Crippen LogP contribution in [0.5, 0.6) is 0 Å². The first kappa shape index (κ1) is 19.1. The van der Waals surface area contributed by atoms with Crippen LogP contribution in [0.25, 0.3) is 0 Å². The van der Waals surface area contributed by atoms with Gasteiger partial charge in [-0.2, -0.15) is 0 Å². The summed E-state index contributed by atoms with van der Waals surface area (Å²) in [4.78, 5) is 22.0. The van der Waals surface area contributed by atoms with E-state index in [0.29, 0.717) is 6.16 Å². The molecule has 0 N–H and O–H groups in total. The molecule has 0 spiro atoms. The zero-order valence-corrected chi connectivity index (χ0v) is 13.5. The van der Waals surface area contributed by atoms with Crippen molar-refractivity contribution in [2.24, 2.45) is 0 Å². The molecule has 0 aliphatic heterocycles. The van der Waals surface area contributed by atoms with E-state index < -0.39 is 19.7 Å². The molecule has 0 fully saturated rings. The van der Waals surface area contributed by atoms with Gasteiger partial charge in [-0.3, -0.25) is 4.79 Å². The van der Waals surface area contributed by atoms with Crippen molar-refractivity contribution in [3.63, 3.8) is 0 Å². The van der Waals surface area contributed by atoms with Crippen molar-refractivity contribution in [3.8, 4) is 0 Å². The molecule has 0 rings (SSSR count). The largest absolute Gasteiger partial charge is 0.390 e. The van der Waals surface area contributed by atoms with E-state index in [2.05, 4.69) is 18.2 Å². The Bertz CT molecular complexity index is 326. The molecule has 0 saturated carbocycles. The van der Waals surface area contributed by atoms with Crippen molar-refractivity contribution in [2.45, 2.75) is 58.3 Å². The highest BCUT2D eigenvalue weighted by Gasteiger charge is 2.11. The minimum atomic E-state index is -1.95. The molecule has 0 aromatic heterocycles. The number of carbonyl (C=O) groups is 2. The van der Waals surface area contributed by atoms with Crippen LogP contribution in [0, 0.1) is 0 Å². The molecule has 0 aliphatic carbocycles. The van der Waals surface area contributed by atoms with E-state index in [4.69, 9.17) is 0 Å². The molecule has 4 nitrogen and oxygen atoms in total. The third kappa shape index (κ3) is 12.2. The quantitative estimate of drug-likeness (QED) is 0.180. The smallest absolute Gasteiger partial charge is 0.337 e. The molecule has 1 atom stereocenters. The average Bonchev–Trinajstić information content (AvgIpc) is 2.41. The minimum absolute atomic E-state index is 0.138. The summed E-state index contributed by atoms with van der Waals surface area (Å²) >= 11 is 0. The fourth-order valence-electron chi connectivity index (χ4n) is 1.90. The van der Waals surface area contributed by atoms with Gasteiger partial charge in [0.1, 0.15) is 0 Å². The van der Waals surface area contributed by atoms with Crippen LogP contribution >= 0.6 is 7.80 Å². The molecule has 0 amide bonds. The van der Waals surface area contributed by atoms with Crippen LogP contribution in [-0.2, 0) is 18.9 Å². The lowest BCUT2D eigenvalue weighted by molar-refractivity contribution is -0.154. The molecule has 20 heavy (non-hydrogen) atoms. The number of hydrogen-bond donors (Lipinski definition) is 0. The van der Waals surface area contributed by atoms with Gasteiger partial charge in [-0.1, -0.05) is 58.4 Å². The van der Waals surface area contributed by atoms with Gasteiger partial charge in [0.05, 0.1) is 14.0 Å². The summed E-state index contributed by atoms with van der Waals surface area (Å²) < 4.78 is 16.0. The normalized spacial score (nSPS) is 11.8. The maximum Gasteiger partial charge on any atom is 0.337 e. The second-order valence-electron chi connectivity index (χ2n) is 4.94. The summed E-state index contributed by atoms with van der Waals surface area (Å²) in [6.07, 6.45) is 10.8. The molecule has 0 heterocycles. The van der Waals surface area contributed by atoms with E-state index in [1.807, 2.05) is 0 Å². The Labute approximate surface area is 122 Å². The Morgan fingerprint density at radius 1 is 1.05 bits per heavy atom. The molecule has 0 bridgehead atoms. The van der Waals surface area contributed by atoms with Gasteiger partial charge in [0.2, 0.25) is 0 Å². The lowest BCUT2D eigenvalue weighted by Crippen LogP contribution is -2.12. The number of esters is 2. The van der Waals surface area contributed by atoms with Crippen molar-refractivity contribution in [1.82, 2.24) is 0 Å². The summed E-state index contributed by atoms with van der Waals surface area (Å²) in [6, 6.07) is 0. The molecule has 0 aromatic rings. The topological polar surface area (TPSA) is 60.4 Å². The van der Waals surface area contributed by atoms with Gasteiger partial charge in [-0.05, 0) is 12.6 Å². The Balaban J connectivity index is 3.47. The Hall–Kier alpha value is -0.890. The number of hydrogen-bond acceptors (Lipinski definition) is 4. The first-order valence-corrected chi connectivity index (χ1v) is 9.31. The molecule has 116 valence electrons. The van der Waals surface area contributed by atoms with Crippen LogP contribution < -0.4 is 0 Å². The first-order chi connectivity index (χ1) is 9.60. The van der Waals surface area contributed by atoms with Gasteiger partial charge >= 0.3 is 11.9 Å². The molecule has 1 unspecified atom stereocenters. The molecule has 5 heteroatoms. The predicted molar refractivity (Wildman–Crippen MR) is 82.6 cm³/mol. The molecule has 0 saturated heterocycles. The standard InChI is InChI=1S/C15H27O4P/c1-3-5-6-7-8-9-10-11-12-20(18)13-15(17)19-14(16)4-2/h4,20H,2-3,5-13H2,1H3.